The van der Waals surface area contributed by atoms with Gasteiger partial charge in [0, 0.05) is 24.7 Å². The number of aromatic amines is 1. The van der Waals surface area contributed by atoms with Gasteiger partial charge in [0.1, 0.15) is 5.82 Å². The lowest BCUT2D eigenvalue weighted by Crippen LogP contribution is -2.40. The molecule has 0 atom stereocenters. The number of fused-ring (bicyclic) bond motifs is 1. The van der Waals surface area contributed by atoms with E-state index >= 15 is 0 Å². The summed E-state index contributed by atoms with van der Waals surface area (Å²) in [5.74, 6) is -0.311. The molecule has 2 heterocycles. The molecule has 3 rings (SSSR count). The second-order valence-corrected chi connectivity index (χ2v) is 7.45. The van der Waals surface area contributed by atoms with Gasteiger partial charge in [0.05, 0.1) is 11.9 Å². The Morgan fingerprint density at radius 2 is 1.93 bits per heavy atom. The highest BCUT2D eigenvalue weighted by Crippen LogP contribution is 2.24. The molecule has 0 saturated heterocycles. The molecule has 2 aromatic heterocycles. The quantitative estimate of drug-likeness (QED) is 0.648. The highest BCUT2D eigenvalue weighted by Gasteiger charge is 2.22. The normalized spacial score (nSPS) is 11.1. The Morgan fingerprint density at radius 3 is 2.63 bits per heavy atom. The minimum absolute atomic E-state index is 0.00173. The number of nitrogens with two attached hydrogens (primary N) is 1. The molecule has 8 nitrogen and oxygen atoms in total. The molecule has 0 unspecified atom stereocenters. The summed E-state index contributed by atoms with van der Waals surface area (Å²) in [7, 11) is 1.50. The van der Waals surface area contributed by atoms with Crippen molar-refractivity contribution in [1.82, 2.24) is 14.5 Å². The number of hydrogen-bond donors (Lipinski definition) is 2. The average Bonchev–Trinajstić information content (AvgIpc) is 2.70. The van der Waals surface area contributed by atoms with Gasteiger partial charge >= 0.3 is 5.69 Å². The zero-order chi connectivity index (χ0) is 22.0. The Hall–Kier alpha value is -3.42. The number of hydrogen-bond acceptors (Lipinski definition) is 5. The molecule has 8 heteroatoms. The standard InChI is InChI=1S/C22H27N5O3/c1-5-6-11-27-20(23)19(21(29)25-22(27)30)26(4)18(28)12-16-13(2)15-9-7-8-10-17(15)24-14(16)3/h7-10H,5-6,11-12,23H2,1-4H3,(H,25,29,30). The van der Waals surface area contributed by atoms with Gasteiger partial charge in [-0.25, -0.2) is 4.79 Å². The number of unbranched alkanes of at least 4 members (excludes halogenated alkanes) is 1. The molecule has 30 heavy (non-hydrogen) atoms. The fourth-order valence-electron chi connectivity index (χ4n) is 3.67. The summed E-state index contributed by atoms with van der Waals surface area (Å²) in [6, 6.07) is 7.77. The van der Waals surface area contributed by atoms with Gasteiger partial charge in [-0.1, -0.05) is 31.5 Å². The van der Waals surface area contributed by atoms with Gasteiger partial charge in [-0.05, 0) is 37.5 Å². The van der Waals surface area contributed by atoms with Gasteiger partial charge < -0.3 is 10.6 Å². The smallest absolute Gasteiger partial charge is 0.330 e. The molecular formula is C22H27N5O3. The molecule has 0 aliphatic heterocycles. The molecule has 0 saturated carbocycles. The topological polar surface area (TPSA) is 114 Å². The van der Waals surface area contributed by atoms with E-state index in [-0.39, 0.29) is 23.8 Å². The Bertz CT molecular complexity index is 1230. The molecule has 0 fully saturated rings. The minimum atomic E-state index is -0.675. The van der Waals surface area contributed by atoms with Crippen LogP contribution in [-0.2, 0) is 17.8 Å². The van der Waals surface area contributed by atoms with Crippen LogP contribution in [0.3, 0.4) is 0 Å². The Labute approximate surface area is 174 Å². The Morgan fingerprint density at radius 1 is 1.23 bits per heavy atom. The fourth-order valence-corrected chi connectivity index (χ4v) is 3.67. The van der Waals surface area contributed by atoms with Gasteiger partial charge in [-0.15, -0.1) is 0 Å². The van der Waals surface area contributed by atoms with Crippen molar-refractivity contribution in [2.45, 2.75) is 46.6 Å². The van der Waals surface area contributed by atoms with E-state index in [1.54, 1.807) is 0 Å². The van der Waals surface area contributed by atoms with Crippen molar-refractivity contribution in [2.75, 3.05) is 17.7 Å². The van der Waals surface area contributed by atoms with E-state index in [0.717, 1.165) is 40.6 Å². The fraction of sp³-hybridized carbons (Fsp3) is 0.364. The SMILES string of the molecule is CCCCn1c(N)c(N(C)C(=O)Cc2c(C)nc3ccccc3c2C)c(=O)[nH]c1=O. The van der Waals surface area contributed by atoms with Crippen LogP contribution in [0.2, 0.25) is 0 Å². The van der Waals surface area contributed by atoms with Crippen LogP contribution >= 0.6 is 0 Å². The largest absolute Gasteiger partial charge is 0.383 e. The molecule has 0 aliphatic carbocycles. The predicted octanol–water partition coefficient (Wildman–Crippen LogP) is 2.29. The number of carbonyl (C=O) groups is 1. The number of H-pyrrole nitrogens is 1. The third-order valence-electron chi connectivity index (χ3n) is 5.47. The van der Waals surface area contributed by atoms with E-state index in [0.29, 0.717) is 6.54 Å². The predicted molar refractivity (Wildman–Crippen MR) is 119 cm³/mol. The summed E-state index contributed by atoms with van der Waals surface area (Å²) >= 11 is 0. The molecule has 1 aromatic carbocycles. The maximum absolute atomic E-state index is 13.1. The van der Waals surface area contributed by atoms with Gasteiger partial charge in [0.25, 0.3) is 5.56 Å². The highest BCUT2D eigenvalue weighted by molar-refractivity contribution is 5.97. The van der Waals surface area contributed by atoms with Crippen LogP contribution in [-0.4, -0.2) is 27.5 Å². The van der Waals surface area contributed by atoms with E-state index in [9.17, 15) is 14.4 Å². The number of amides is 1. The molecule has 3 N–H and O–H groups in total. The van der Waals surface area contributed by atoms with Crippen LogP contribution in [0.15, 0.2) is 33.9 Å². The van der Waals surface area contributed by atoms with Crippen molar-refractivity contribution in [1.29, 1.82) is 0 Å². The lowest BCUT2D eigenvalue weighted by molar-refractivity contribution is -0.117. The van der Waals surface area contributed by atoms with E-state index < -0.39 is 11.2 Å². The average molecular weight is 409 g/mol. The molecular weight excluding hydrogens is 382 g/mol. The third kappa shape index (κ3) is 3.85. The van der Waals surface area contributed by atoms with Crippen LogP contribution in [0.1, 0.15) is 36.6 Å². The Balaban J connectivity index is 1.99. The number of aromatic nitrogens is 3. The van der Waals surface area contributed by atoms with E-state index in [4.69, 9.17) is 5.73 Å². The van der Waals surface area contributed by atoms with Crippen molar-refractivity contribution in [3.63, 3.8) is 0 Å². The van der Waals surface area contributed by atoms with Crippen molar-refractivity contribution < 1.29 is 4.79 Å². The van der Waals surface area contributed by atoms with Gasteiger partial charge in [-0.2, -0.15) is 0 Å². The number of likely N-dealkylation sites (N-methyl/N-ethyl adjacent to an activating group) is 1. The molecule has 0 aliphatic rings. The monoisotopic (exact) mass is 409 g/mol. The van der Waals surface area contributed by atoms with E-state index in [1.807, 2.05) is 45.0 Å². The number of benzene rings is 1. The molecule has 1 amide bonds. The minimum Gasteiger partial charge on any atom is -0.383 e. The summed E-state index contributed by atoms with van der Waals surface area (Å²) in [4.78, 5) is 45.7. The van der Waals surface area contributed by atoms with Crippen LogP contribution < -0.4 is 21.9 Å². The molecule has 3 aromatic rings. The van der Waals surface area contributed by atoms with Crippen molar-refractivity contribution in [3.8, 4) is 0 Å². The highest BCUT2D eigenvalue weighted by atomic mass is 16.2. The second-order valence-electron chi connectivity index (χ2n) is 7.45. The van der Waals surface area contributed by atoms with E-state index in [2.05, 4.69) is 9.97 Å². The van der Waals surface area contributed by atoms with Crippen molar-refractivity contribution in [3.05, 3.63) is 61.9 Å². The molecule has 158 valence electrons. The first-order chi connectivity index (χ1) is 14.3. The number of aryl methyl sites for hydroxylation is 2. The third-order valence-corrected chi connectivity index (χ3v) is 5.47. The number of nitrogen functional groups attached to an aromatic ring is 1. The number of pyridine rings is 1. The van der Waals surface area contributed by atoms with Crippen LogP contribution in [0.4, 0.5) is 11.5 Å². The van der Waals surface area contributed by atoms with Gasteiger partial charge in [-0.3, -0.25) is 24.1 Å². The first-order valence-electron chi connectivity index (χ1n) is 10.00. The number of rotatable bonds is 6. The number of nitrogens with one attached hydrogen (secondary N) is 1. The molecule has 0 radical (unpaired) electrons. The van der Waals surface area contributed by atoms with Gasteiger partial charge in [0.2, 0.25) is 5.91 Å². The Kier molecular flexibility index (Phi) is 6.05. The number of anilines is 2. The summed E-state index contributed by atoms with van der Waals surface area (Å²) in [6.45, 7) is 6.20. The van der Waals surface area contributed by atoms with Gasteiger partial charge in [0.15, 0.2) is 5.69 Å². The first-order valence-corrected chi connectivity index (χ1v) is 10.00. The second kappa shape index (κ2) is 8.52. The van der Waals surface area contributed by atoms with Crippen LogP contribution in [0.5, 0.6) is 0 Å². The zero-order valence-electron chi connectivity index (χ0n) is 17.8. The first kappa shape index (κ1) is 21.3. The number of carbonyl (C=O) groups excluding carboxylic acids is 1. The summed E-state index contributed by atoms with van der Waals surface area (Å²) in [6.07, 6.45) is 1.66. The lowest BCUT2D eigenvalue weighted by Gasteiger charge is -2.21. The summed E-state index contributed by atoms with van der Waals surface area (Å²) < 4.78 is 1.30. The van der Waals surface area contributed by atoms with Crippen LogP contribution in [0, 0.1) is 13.8 Å². The molecule has 0 bridgehead atoms. The zero-order valence-corrected chi connectivity index (χ0v) is 17.8. The van der Waals surface area contributed by atoms with Crippen LogP contribution in [0.25, 0.3) is 10.9 Å². The molecule has 0 spiro atoms. The van der Waals surface area contributed by atoms with Crippen molar-refractivity contribution in [2.24, 2.45) is 0 Å². The maximum atomic E-state index is 13.1. The van der Waals surface area contributed by atoms with E-state index in [1.165, 1.54) is 16.5 Å². The lowest BCUT2D eigenvalue weighted by atomic mass is 9.99. The van der Waals surface area contributed by atoms with Crippen molar-refractivity contribution >= 4 is 28.3 Å². The number of para-hydroxylation sites is 1. The number of nitrogens with zero attached hydrogens (tertiary/aromatic N) is 3. The summed E-state index contributed by atoms with van der Waals surface area (Å²) in [5, 5.41) is 0.985. The summed E-state index contributed by atoms with van der Waals surface area (Å²) in [5.41, 5.74) is 8.31. The maximum Gasteiger partial charge on any atom is 0.330 e.